The van der Waals surface area contributed by atoms with Crippen LogP contribution in [0.15, 0.2) is 71.7 Å². The number of hydrogen-bond donors (Lipinski definition) is 2. The van der Waals surface area contributed by atoms with E-state index in [2.05, 4.69) is 4.98 Å². The number of carbonyl (C=O) groups excluding carboxylic acids is 2. The first kappa shape index (κ1) is 28.5. The zero-order chi connectivity index (χ0) is 28.8. The van der Waals surface area contributed by atoms with Gasteiger partial charge in [-0.05, 0) is 81.2 Å². The molecule has 0 fully saturated rings. The number of aromatic amines is 1. The number of aliphatic imine (C=N–C) groups is 1. The molecule has 0 atom stereocenters. The minimum atomic E-state index is -0.435. The number of fused-ring (bicyclic) bond motifs is 1. The number of nitrogens with one attached hydrogen (secondary N) is 1. The van der Waals surface area contributed by atoms with Crippen LogP contribution in [0.1, 0.15) is 29.5 Å². The van der Waals surface area contributed by atoms with Gasteiger partial charge in [-0.3, -0.25) is 9.59 Å². The molecule has 40 heavy (non-hydrogen) atoms. The van der Waals surface area contributed by atoms with Gasteiger partial charge in [0.25, 0.3) is 0 Å². The van der Waals surface area contributed by atoms with E-state index in [0.29, 0.717) is 45.4 Å². The molecule has 0 radical (unpaired) electrons. The number of benzene rings is 3. The van der Waals surface area contributed by atoms with E-state index in [1.54, 1.807) is 36.2 Å². The Kier molecular flexibility index (Phi) is 8.96. The number of H-pyrrole nitrogens is 1. The second kappa shape index (κ2) is 12.6. The number of amides is 1. The highest BCUT2D eigenvalue weighted by atomic mass is 19.1. The maximum absolute atomic E-state index is 13.9. The third-order valence-electron chi connectivity index (χ3n) is 6.60. The van der Waals surface area contributed by atoms with Crippen molar-refractivity contribution in [2.24, 2.45) is 4.99 Å². The minimum Gasteiger partial charge on any atom is -0.494 e. The number of carbonyl (C=O) groups is 2. The fourth-order valence-corrected chi connectivity index (χ4v) is 4.47. The first-order valence-electron chi connectivity index (χ1n) is 12.9. The Morgan fingerprint density at radius 1 is 1.02 bits per heavy atom. The van der Waals surface area contributed by atoms with Crippen LogP contribution < -0.4 is 4.90 Å². The topological polar surface area (TPSA) is 98.2 Å². The van der Waals surface area contributed by atoms with E-state index in [1.807, 2.05) is 49.3 Å². The standard InChI is InChI=1S/C31H33FN4O4/c1-35(2)16-6-9-27(37)36(3)24-13-11-23(12-14-24)33-30(21-8-5-7-20(17-21)18-28(38)40-4)29-25-15-10-22(32)19-26(25)34-31(29)39/h5,7-8,10-15,17,19,34,39H,6,9,16,18H2,1-4H3. The lowest BCUT2D eigenvalue weighted by Crippen LogP contribution is -2.27. The predicted octanol–water partition coefficient (Wildman–Crippen LogP) is 5.20. The summed E-state index contributed by atoms with van der Waals surface area (Å²) in [7, 11) is 7.04. The summed E-state index contributed by atoms with van der Waals surface area (Å²) in [4.78, 5) is 35.9. The maximum atomic E-state index is 13.9. The van der Waals surface area contributed by atoms with Gasteiger partial charge in [-0.1, -0.05) is 18.2 Å². The summed E-state index contributed by atoms with van der Waals surface area (Å²) in [5.41, 5.74) is 3.95. The molecule has 4 aromatic rings. The maximum Gasteiger partial charge on any atom is 0.309 e. The van der Waals surface area contributed by atoms with Crippen molar-refractivity contribution in [2.75, 3.05) is 39.7 Å². The van der Waals surface area contributed by atoms with Crippen molar-refractivity contribution < 1.29 is 23.8 Å². The van der Waals surface area contributed by atoms with Gasteiger partial charge >= 0.3 is 5.97 Å². The van der Waals surface area contributed by atoms with E-state index in [4.69, 9.17) is 9.73 Å². The van der Waals surface area contributed by atoms with E-state index < -0.39 is 5.82 Å². The highest BCUT2D eigenvalue weighted by Crippen LogP contribution is 2.32. The molecule has 9 heteroatoms. The van der Waals surface area contributed by atoms with Crippen LogP contribution in [-0.2, 0) is 20.7 Å². The quantitative estimate of drug-likeness (QED) is 0.211. The van der Waals surface area contributed by atoms with Gasteiger partial charge in [-0.2, -0.15) is 0 Å². The molecule has 0 unspecified atom stereocenters. The van der Waals surface area contributed by atoms with E-state index in [-0.39, 0.29) is 24.2 Å². The molecule has 0 aliphatic carbocycles. The number of halogens is 1. The molecule has 1 heterocycles. The molecule has 0 aliphatic heterocycles. The zero-order valence-corrected chi connectivity index (χ0v) is 23.1. The van der Waals surface area contributed by atoms with Gasteiger partial charge in [-0.15, -0.1) is 0 Å². The summed E-state index contributed by atoms with van der Waals surface area (Å²) in [6.07, 6.45) is 1.29. The lowest BCUT2D eigenvalue weighted by Gasteiger charge is -2.18. The van der Waals surface area contributed by atoms with Crippen molar-refractivity contribution in [3.05, 3.63) is 89.2 Å². The summed E-state index contributed by atoms with van der Waals surface area (Å²) in [6, 6.07) is 18.7. The van der Waals surface area contributed by atoms with Crippen LogP contribution in [-0.4, -0.2) is 67.4 Å². The average Bonchev–Trinajstić information content (AvgIpc) is 3.25. The second-order valence-corrected chi connectivity index (χ2v) is 9.83. The molecule has 0 saturated carbocycles. The lowest BCUT2D eigenvalue weighted by molar-refractivity contribution is -0.139. The first-order chi connectivity index (χ1) is 19.2. The van der Waals surface area contributed by atoms with Crippen LogP contribution in [0.25, 0.3) is 10.9 Å². The van der Waals surface area contributed by atoms with Gasteiger partial charge in [0.1, 0.15) is 5.82 Å². The van der Waals surface area contributed by atoms with Gasteiger partial charge in [-0.25, -0.2) is 9.38 Å². The molecule has 0 saturated heterocycles. The summed E-state index contributed by atoms with van der Waals surface area (Å²) in [5, 5.41) is 11.5. The fraction of sp³-hybridized carbons (Fsp3) is 0.258. The number of rotatable bonds is 10. The number of anilines is 1. The van der Waals surface area contributed by atoms with Gasteiger partial charge < -0.3 is 24.6 Å². The summed E-state index contributed by atoms with van der Waals surface area (Å²) in [6.45, 7) is 0.837. The molecule has 1 amide bonds. The predicted molar refractivity (Wildman–Crippen MR) is 155 cm³/mol. The molecule has 0 spiro atoms. The molecule has 3 aromatic carbocycles. The lowest BCUT2D eigenvalue weighted by atomic mass is 9.98. The van der Waals surface area contributed by atoms with E-state index >= 15 is 0 Å². The Morgan fingerprint density at radius 3 is 2.48 bits per heavy atom. The molecular weight excluding hydrogens is 511 g/mol. The zero-order valence-electron chi connectivity index (χ0n) is 23.1. The fourth-order valence-electron chi connectivity index (χ4n) is 4.47. The van der Waals surface area contributed by atoms with Crippen molar-refractivity contribution in [3.8, 4) is 5.88 Å². The van der Waals surface area contributed by atoms with Crippen molar-refractivity contribution in [1.82, 2.24) is 9.88 Å². The largest absolute Gasteiger partial charge is 0.494 e. The number of aromatic nitrogens is 1. The number of hydrogen-bond acceptors (Lipinski definition) is 6. The Labute approximate surface area is 232 Å². The van der Waals surface area contributed by atoms with Crippen LogP contribution in [0, 0.1) is 5.82 Å². The van der Waals surface area contributed by atoms with Crippen molar-refractivity contribution in [2.45, 2.75) is 19.3 Å². The smallest absolute Gasteiger partial charge is 0.309 e. The highest BCUT2D eigenvalue weighted by molar-refractivity contribution is 6.22. The van der Waals surface area contributed by atoms with Crippen molar-refractivity contribution in [3.63, 3.8) is 0 Å². The monoisotopic (exact) mass is 544 g/mol. The number of methoxy groups -OCH3 is 1. The Morgan fingerprint density at radius 2 is 1.77 bits per heavy atom. The summed E-state index contributed by atoms with van der Waals surface area (Å²) < 4.78 is 18.7. The number of esters is 1. The van der Waals surface area contributed by atoms with E-state index in [0.717, 1.165) is 18.7 Å². The SMILES string of the molecule is COC(=O)Cc1cccc(C(=Nc2ccc(N(C)C(=O)CCCN(C)C)cc2)c2c(O)[nH]c3cc(F)ccc23)c1. The second-order valence-electron chi connectivity index (χ2n) is 9.83. The van der Waals surface area contributed by atoms with Gasteiger partial charge in [0.05, 0.1) is 36.0 Å². The van der Waals surface area contributed by atoms with Gasteiger partial charge in [0.15, 0.2) is 5.88 Å². The molecule has 208 valence electrons. The first-order valence-corrected chi connectivity index (χ1v) is 12.9. The van der Waals surface area contributed by atoms with E-state index in [9.17, 15) is 19.1 Å². The van der Waals surface area contributed by atoms with Crippen LogP contribution >= 0.6 is 0 Å². The van der Waals surface area contributed by atoms with Crippen molar-refractivity contribution >= 4 is 39.9 Å². The summed E-state index contributed by atoms with van der Waals surface area (Å²) in [5.74, 6) is -0.943. The van der Waals surface area contributed by atoms with Crippen LogP contribution in [0.3, 0.4) is 0 Å². The van der Waals surface area contributed by atoms with E-state index in [1.165, 1.54) is 19.2 Å². The summed E-state index contributed by atoms with van der Waals surface area (Å²) >= 11 is 0. The normalized spacial score (nSPS) is 11.7. The van der Waals surface area contributed by atoms with Gasteiger partial charge in [0.2, 0.25) is 5.91 Å². The Hall–Kier alpha value is -4.50. The molecule has 8 nitrogen and oxygen atoms in total. The number of nitrogens with zero attached hydrogens (tertiary/aromatic N) is 3. The minimum absolute atomic E-state index is 0.0251. The number of ether oxygens (including phenoxy) is 1. The molecule has 2 N–H and O–H groups in total. The molecular formula is C31H33FN4O4. The number of aromatic hydroxyl groups is 1. The highest BCUT2D eigenvalue weighted by Gasteiger charge is 2.20. The average molecular weight is 545 g/mol. The van der Waals surface area contributed by atoms with Crippen molar-refractivity contribution in [1.29, 1.82) is 0 Å². The third kappa shape index (κ3) is 6.73. The van der Waals surface area contributed by atoms with Crippen LogP contribution in [0.2, 0.25) is 0 Å². The molecule has 0 aliphatic rings. The molecule has 4 rings (SSSR count). The molecule has 1 aromatic heterocycles. The molecule has 0 bridgehead atoms. The van der Waals surface area contributed by atoms with Crippen LogP contribution in [0.5, 0.6) is 5.88 Å². The van der Waals surface area contributed by atoms with Gasteiger partial charge in [0, 0.05) is 30.1 Å². The van der Waals surface area contributed by atoms with Crippen LogP contribution in [0.4, 0.5) is 15.8 Å². The third-order valence-corrected chi connectivity index (χ3v) is 6.60. The Balaban J connectivity index is 1.73. The Bertz CT molecular complexity index is 1540.